The van der Waals surface area contributed by atoms with Crippen LogP contribution in [0.25, 0.3) is 0 Å². The summed E-state index contributed by atoms with van der Waals surface area (Å²) in [5.41, 5.74) is 4.87. The number of carbonyl (C=O) groups excluding carboxylic acids is 2. The average molecular weight is 258 g/mol. The van der Waals surface area contributed by atoms with Crippen molar-refractivity contribution in [3.63, 3.8) is 0 Å². The van der Waals surface area contributed by atoms with Crippen molar-refractivity contribution < 1.29 is 29.0 Å². The molecule has 0 radical (unpaired) electrons. The van der Waals surface area contributed by atoms with Crippen molar-refractivity contribution >= 4 is 17.8 Å². The summed E-state index contributed by atoms with van der Waals surface area (Å²) in [7, 11) is 1.46. The number of methoxy groups -OCH3 is 1. The minimum Gasteiger partial charge on any atom is -0.480 e. The molecule has 3 unspecified atom stereocenters. The number of carbonyl (C=O) groups is 3. The Balaban J connectivity index is 2.41. The van der Waals surface area contributed by atoms with Gasteiger partial charge in [0.25, 0.3) is 0 Å². The van der Waals surface area contributed by atoms with E-state index in [4.69, 9.17) is 20.3 Å². The van der Waals surface area contributed by atoms with E-state index in [1.54, 1.807) is 0 Å². The molecule has 18 heavy (non-hydrogen) atoms. The predicted molar refractivity (Wildman–Crippen MR) is 58.2 cm³/mol. The molecule has 0 aromatic carbocycles. The fourth-order valence-corrected chi connectivity index (χ4v) is 1.24. The highest BCUT2D eigenvalue weighted by Crippen LogP contribution is 2.23. The highest BCUT2D eigenvalue weighted by atomic mass is 16.8. The van der Waals surface area contributed by atoms with E-state index >= 15 is 0 Å². The summed E-state index contributed by atoms with van der Waals surface area (Å²) in [6.07, 6.45) is 1.43. The molecule has 8 nitrogen and oxygen atoms in total. The lowest BCUT2D eigenvalue weighted by molar-refractivity contribution is -0.142. The smallest absolute Gasteiger partial charge is 0.326 e. The van der Waals surface area contributed by atoms with Gasteiger partial charge in [-0.15, -0.1) is 0 Å². The van der Waals surface area contributed by atoms with Crippen LogP contribution >= 0.6 is 0 Å². The second-order valence-electron chi connectivity index (χ2n) is 3.63. The van der Waals surface area contributed by atoms with E-state index in [1.807, 2.05) is 0 Å². The van der Waals surface area contributed by atoms with Crippen LogP contribution in [-0.4, -0.2) is 48.4 Å². The molecule has 0 spiro atoms. The molecule has 0 aliphatic carbocycles. The lowest BCUT2D eigenvalue weighted by Crippen LogP contribution is -2.42. The maximum Gasteiger partial charge on any atom is 0.326 e. The van der Waals surface area contributed by atoms with Gasteiger partial charge in [0.15, 0.2) is 6.29 Å². The Morgan fingerprint density at radius 1 is 1.56 bits per heavy atom. The summed E-state index contributed by atoms with van der Waals surface area (Å²) in [6.45, 7) is 0. The van der Waals surface area contributed by atoms with Gasteiger partial charge in [0.1, 0.15) is 12.1 Å². The summed E-state index contributed by atoms with van der Waals surface area (Å²) in [5, 5.41) is 10.9. The predicted octanol–water partition coefficient (Wildman–Crippen LogP) is -1.64. The molecule has 1 heterocycles. The molecular formula is C10H14N2O6. The van der Waals surface area contributed by atoms with Crippen molar-refractivity contribution in [3.8, 4) is 0 Å². The van der Waals surface area contributed by atoms with Crippen molar-refractivity contribution in [1.82, 2.24) is 5.32 Å². The number of epoxide rings is 1. The van der Waals surface area contributed by atoms with Gasteiger partial charge in [0.2, 0.25) is 11.8 Å². The maximum atomic E-state index is 11.4. The molecule has 0 aromatic heterocycles. The van der Waals surface area contributed by atoms with E-state index in [9.17, 15) is 14.4 Å². The van der Waals surface area contributed by atoms with Crippen LogP contribution < -0.4 is 11.1 Å². The summed E-state index contributed by atoms with van der Waals surface area (Å²) < 4.78 is 9.77. The summed E-state index contributed by atoms with van der Waals surface area (Å²) in [6, 6.07) is -1.34. The van der Waals surface area contributed by atoms with Crippen LogP contribution in [-0.2, 0) is 23.9 Å². The number of rotatable bonds is 7. The first kappa shape index (κ1) is 14.1. The van der Waals surface area contributed by atoms with E-state index in [-0.39, 0.29) is 12.4 Å². The van der Waals surface area contributed by atoms with Crippen molar-refractivity contribution in [3.05, 3.63) is 12.2 Å². The first-order chi connectivity index (χ1) is 8.43. The second-order valence-corrected chi connectivity index (χ2v) is 3.63. The minimum atomic E-state index is -1.34. The van der Waals surface area contributed by atoms with E-state index in [0.717, 1.165) is 6.08 Å². The van der Waals surface area contributed by atoms with E-state index in [2.05, 4.69) is 5.32 Å². The fraction of sp³-hybridized carbons (Fsp3) is 0.500. The zero-order valence-electron chi connectivity index (χ0n) is 9.66. The molecule has 100 valence electrons. The molecule has 0 bridgehead atoms. The number of primary amides is 1. The molecule has 2 amide bonds. The van der Waals surface area contributed by atoms with Crippen LogP contribution in [0.5, 0.6) is 0 Å². The van der Waals surface area contributed by atoms with Crippen molar-refractivity contribution in [2.45, 2.75) is 24.9 Å². The van der Waals surface area contributed by atoms with Gasteiger partial charge in [-0.1, -0.05) is 0 Å². The Morgan fingerprint density at radius 2 is 2.22 bits per heavy atom. The normalized spacial score (nSPS) is 23.6. The largest absolute Gasteiger partial charge is 0.480 e. The molecule has 0 aromatic rings. The summed E-state index contributed by atoms with van der Waals surface area (Å²) >= 11 is 0. The lowest BCUT2D eigenvalue weighted by atomic mass is 10.2. The first-order valence-electron chi connectivity index (χ1n) is 5.12. The molecule has 1 saturated heterocycles. The Labute approximate surface area is 103 Å². The zero-order chi connectivity index (χ0) is 13.7. The highest BCUT2D eigenvalue weighted by molar-refractivity contribution is 5.93. The van der Waals surface area contributed by atoms with Crippen LogP contribution in [0.2, 0.25) is 0 Å². The van der Waals surface area contributed by atoms with Gasteiger partial charge in [0, 0.05) is 13.2 Å². The monoisotopic (exact) mass is 258 g/mol. The Morgan fingerprint density at radius 3 is 2.67 bits per heavy atom. The molecular weight excluding hydrogens is 244 g/mol. The van der Waals surface area contributed by atoms with Gasteiger partial charge < -0.3 is 25.6 Å². The number of aliphatic carboxylic acids is 1. The summed E-state index contributed by atoms with van der Waals surface area (Å²) in [4.78, 5) is 32.7. The summed E-state index contributed by atoms with van der Waals surface area (Å²) in [5.74, 6) is -2.78. The third-order valence-electron chi connectivity index (χ3n) is 2.17. The topological polar surface area (TPSA) is 131 Å². The van der Waals surface area contributed by atoms with E-state index in [0.29, 0.717) is 0 Å². The Bertz CT molecular complexity index is 381. The van der Waals surface area contributed by atoms with Crippen molar-refractivity contribution in [2.75, 3.05) is 7.11 Å². The first-order valence-corrected chi connectivity index (χ1v) is 5.12. The third-order valence-corrected chi connectivity index (χ3v) is 2.17. The van der Waals surface area contributed by atoms with E-state index < -0.39 is 30.2 Å². The second kappa shape index (κ2) is 6.12. The van der Waals surface area contributed by atoms with Crippen LogP contribution in [0.4, 0.5) is 0 Å². The van der Waals surface area contributed by atoms with Crippen LogP contribution in [0, 0.1) is 0 Å². The molecule has 1 rings (SSSR count). The number of amides is 2. The number of nitrogens with one attached hydrogen (secondary N) is 1. The number of hydrogen-bond acceptors (Lipinski definition) is 5. The van der Waals surface area contributed by atoms with Crippen LogP contribution in [0.3, 0.4) is 0 Å². The average Bonchev–Trinajstić information content (AvgIpc) is 3.03. The van der Waals surface area contributed by atoms with Crippen LogP contribution in [0.1, 0.15) is 6.42 Å². The Kier molecular flexibility index (Phi) is 4.81. The minimum absolute atomic E-state index is 0.305. The number of hydrogen-bond donors (Lipinski definition) is 3. The van der Waals surface area contributed by atoms with Crippen molar-refractivity contribution in [1.29, 1.82) is 0 Å². The van der Waals surface area contributed by atoms with Gasteiger partial charge in [-0.2, -0.15) is 0 Å². The molecule has 4 N–H and O–H groups in total. The van der Waals surface area contributed by atoms with Gasteiger partial charge in [-0.25, -0.2) is 4.79 Å². The molecule has 1 aliphatic rings. The van der Waals surface area contributed by atoms with Gasteiger partial charge in [0.05, 0.1) is 6.42 Å². The zero-order valence-corrected chi connectivity index (χ0v) is 9.66. The van der Waals surface area contributed by atoms with Gasteiger partial charge in [-0.05, 0) is 6.08 Å². The van der Waals surface area contributed by atoms with Crippen molar-refractivity contribution in [2.24, 2.45) is 5.73 Å². The quantitative estimate of drug-likeness (QED) is 0.370. The number of carboxylic acids is 1. The molecule has 1 aliphatic heterocycles. The molecule has 8 heteroatoms. The number of carboxylic acid groups (broad SMARTS) is 1. The van der Waals surface area contributed by atoms with Gasteiger partial charge in [-0.3, -0.25) is 9.59 Å². The number of ether oxygens (including phenoxy) is 2. The lowest BCUT2D eigenvalue weighted by Gasteiger charge is -2.10. The third kappa shape index (κ3) is 4.52. The molecule has 0 saturated carbocycles. The van der Waals surface area contributed by atoms with E-state index in [1.165, 1.54) is 13.2 Å². The molecule has 3 atom stereocenters. The fourth-order valence-electron chi connectivity index (χ4n) is 1.24. The highest BCUT2D eigenvalue weighted by Gasteiger charge is 2.36. The standard InChI is InChI=1S/C10H14N2O6/c1-17-10-6(18-10)2-3-8(14)12-5(9(15)16)4-7(11)13/h2-3,5-6,10H,4H2,1H3,(H2,11,13)(H,12,14)(H,15,16)/b3-2+. The van der Waals surface area contributed by atoms with Gasteiger partial charge >= 0.3 is 5.97 Å². The Hall–Kier alpha value is -1.93. The maximum absolute atomic E-state index is 11.4. The van der Waals surface area contributed by atoms with Crippen LogP contribution in [0.15, 0.2) is 12.2 Å². The SMILES string of the molecule is COC1OC1/C=C/C(=O)NC(CC(N)=O)C(=O)O. The number of nitrogens with two attached hydrogens (primary N) is 1. The molecule has 1 fully saturated rings.